The number of hydrogen-bond acceptors (Lipinski definition) is 11. The summed E-state index contributed by atoms with van der Waals surface area (Å²) in [6, 6.07) is -3.63. The topological polar surface area (TPSA) is 192 Å². The number of carbonyl (C=O) groups excluding carboxylic acids is 5. The molecule has 0 aliphatic carbocycles. The van der Waals surface area contributed by atoms with Crippen LogP contribution in [0.2, 0.25) is 0 Å². The fraction of sp³-hybridized carbons (Fsp3) is 0.611. The SMILES string of the molecule is COC(=O)C1=C[C@H](N=[N+]=[N-])[C@@H](NC(=O)C(F)(F)F)[C@H](C(OC(C)=O)C(COC(C)=O)OC(C)=O)O1. The van der Waals surface area contributed by atoms with E-state index in [1.165, 1.54) is 0 Å². The molecule has 1 aliphatic rings. The molecule has 0 fully saturated rings. The summed E-state index contributed by atoms with van der Waals surface area (Å²) in [5, 5.41) is 4.83. The first-order valence-electron chi connectivity index (χ1n) is 9.57. The molecule has 1 heterocycles. The second-order valence-corrected chi connectivity index (χ2v) is 6.82. The van der Waals surface area contributed by atoms with Gasteiger partial charge in [-0.2, -0.15) is 13.2 Å². The average molecular weight is 510 g/mol. The van der Waals surface area contributed by atoms with Gasteiger partial charge in [0.25, 0.3) is 0 Å². The Hall–Kier alpha value is -4.01. The highest BCUT2D eigenvalue weighted by molar-refractivity contribution is 5.87. The van der Waals surface area contributed by atoms with E-state index in [4.69, 9.17) is 24.5 Å². The Morgan fingerprint density at radius 3 is 2.20 bits per heavy atom. The Morgan fingerprint density at radius 1 is 1.14 bits per heavy atom. The number of halogens is 3. The van der Waals surface area contributed by atoms with Crippen molar-refractivity contribution in [1.29, 1.82) is 0 Å². The van der Waals surface area contributed by atoms with Gasteiger partial charge in [-0.1, -0.05) is 5.11 Å². The molecule has 35 heavy (non-hydrogen) atoms. The van der Waals surface area contributed by atoms with E-state index < -0.39 is 78.7 Å². The number of nitrogens with one attached hydrogen (secondary N) is 1. The van der Waals surface area contributed by atoms with E-state index in [0.29, 0.717) is 0 Å². The number of ether oxygens (including phenoxy) is 5. The number of carbonyl (C=O) groups is 5. The van der Waals surface area contributed by atoms with E-state index in [1.54, 1.807) is 5.32 Å². The molecule has 14 nitrogen and oxygen atoms in total. The van der Waals surface area contributed by atoms with Gasteiger partial charge in [0.2, 0.25) is 5.76 Å². The molecule has 194 valence electrons. The van der Waals surface area contributed by atoms with Gasteiger partial charge in [-0.05, 0) is 11.6 Å². The van der Waals surface area contributed by atoms with Crippen LogP contribution in [0, 0.1) is 0 Å². The molecule has 2 unspecified atom stereocenters. The highest BCUT2D eigenvalue weighted by atomic mass is 19.4. The minimum absolute atomic E-state index is 0.682. The number of hydrogen-bond donors (Lipinski definition) is 1. The molecule has 17 heteroatoms. The summed E-state index contributed by atoms with van der Waals surface area (Å²) in [6.45, 7) is 2.04. The molecule has 0 radical (unpaired) electrons. The van der Waals surface area contributed by atoms with Gasteiger partial charge in [-0.15, -0.1) is 0 Å². The van der Waals surface area contributed by atoms with Crippen LogP contribution in [0.3, 0.4) is 0 Å². The first kappa shape index (κ1) is 29.0. The van der Waals surface area contributed by atoms with Gasteiger partial charge in [0.05, 0.1) is 19.2 Å². The molecule has 0 saturated carbocycles. The maximum Gasteiger partial charge on any atom is 0.471 e. The lowest BCUT2D eigenvalue weighted by atomic mass is 9.92. The number of amides is 1. The maximum atomic E-state index is 13.0. The molecule has 0 saturated heterocycles. The van der Waals surface area contributed by atoms with E-state index in [2.05, 4.69) is 14.8 Å². The number of alkyl halides is 3. The lowest BCUT2D eigenvalue weighted by molar-refractivity contribution is -0.190. The van der Waals surface area contributed by atoms with Crippen molar-refractivity contribution in [1.82, 2.24) is 5.32 Å². The van der Waals surface area contributed by atoms with Crippen molar-refractivity contribution < 1.29 is 60.8 Å². The lowest BCUT2D eigenvalue weighted by Crippen LogP contribution is -2.62. The van der Waals surface area contributed by atoms with Crippen molar-refractivity contribution in [2.75, 3.05) is 13.7 Å². The van der Waals surface area contributed by atoms with Gasteiger partial charge in [0, 0.05) is 25.7 Å². The summed E-state index contributed by atoms with van der Waals surface area (Å²) in [5.74, 6) is -7.25. The second-order valence-electron chi connectivity index (χ2n) is 6.82. The van der Waals surface area contributed by atoms with E-state index in [9.17, 15) is 37.1 Å². The van der Waals surface area contributed by atoms with Crippen LogP contribution in [0.5, 0.6) is 0 Å². The molecule has 1 amide bonds. The summed E-state index contributed by atoms with van der Waals surface area (Å²) in [6.07, 6.45) is -10.2. The van der Waals surface area contributed by atoms with Crippen LogP contribution in [0.4, 0.5) is 13.2 Å². The second kappa shape index (κ2) is 12.5. The van der Waals surface area contributed by atoms with E-state index in [-0.39, 0.29) is 0 Å². The zero-order chi connectivity index (χ0) is 26.9. The molecule has 0 bridgehead atoms. The number of methoxy groups -OCH3 is 1. The van der Waals surface area contributed by atoms with Crippen molar-refractivity contribution >= 4 is 29.8 Å². The van der Waals surface area contributed by atoms with Gasteiger partial charge in [0.15, 0.2) is 18.3 Å². The summed E-state index contributed by atoms with van der Waals surface area (Å²) in [5.41, 5.74) is 8.88. The van der Waals surface area contributed by atoms with Crippen LogP contribution in [-0.2, 0) is 47.7 Å². The number of azide groups is 1. The van der Waals surface area contributed by atoms with Crippen molar-refractivity contribution in [3.63, 3.8) is 0 Å². The highest BCUT2D eigenvalue weighted by Crippen LogP contribution is 2.29. The fourth-order valence-corrected chi connectivity index (χ4v) is 2.92. The van der Waals surface area contributed by atoms with Gasteiger partial charge in [-0.25, -0.2) is 4.79 Å². The Bertz CT molecular complexity index is 932. The van der Waals surface area contributed by atoms with Crippen LogP contribution >= 0.6 is 0 Å². The van der Waals surface area contributed by atoms with Crippen molar-refractivity contribution in [2.24, 2.45) is 5.11 Å². The predicted molar refractivity (Wildman–Crippen MR) is 104 cm³/mol. The smallest absolute Gasteiger partial charge is 0.471 e. The Kier molecular flexibility index (Phi) is 10.3. The third-order valence-corrected chi connectivity index (χ3v) is 4.19. The number of rotatable bonds is 9. The van der Waals surface area contributed by atoms with Gasteiger partial charge in [-0.3, -0.25) is 19.2 Å². The normalized spacial score (nSPS) is 21.0. The lowest BCUT2D eigenvalue weighted by Gasteiger charge is -2.40. The Labute approximate surface area is 195 Å². The molecule has 1 aliphatic heterocycles. The molecule has 1 N–H and O–H groups in total. The van der Waals surface area contributed by atoms with Crippen LogP contribution in [-0.4, -0.2) is 80.1 Å². The Morgan fingerprint density at radius 2 is 1.74 bits per heavy atom. The van der Waals surface area contributed by atoms with Crippen molar-refractivity contribution in [3.8, 4) is 0 Å². The summed E-state index contributed by atoms with van der Waals surface area (Å²) in [4.78, 5) is 61.0. The van der Waals surface area contributed by atoms with Gasteiger partial charge in [0.1, 0.15) is 6.61 Å². The fourth-order valence-electron chi connectivity index (χ4n) is 2.92. The van der Waals surface area contributed by atoms with Crippen molar-refractivity contribution in [3.05, 3.63) is 22.3 Å². The number of nitrogens with zero attached hydrogens (tertiary/aromatic N) is 3. The molecular weight excluding hydrogens is 489 g/mol. The molecule has 0 aromatic rings. The molecule has 0 spiro atoms. The van der Waals surface area contributed by atoms with E-state index in [1.807, 2.05) is 0 Å². The van der Waals surface area contributed by atoms with Gasteiger partial charge < -0.3 is 29.0 Å². The summed E-state index contributed by atoms with van der Waals surface area (Å²) < 4.78 is 63.8. The first-order valence-corrected chi connectivity index (χ1v) is 9.57. The zero-order valence-electron chi connectivity index (χ0n) is 18.7. The monoisotopic (exact) mass is 510 g/mol. The largest absolute Gasteiger partial charge is 0.477 e. The van der Waals surface area contributed by atoms with Crippen LogP contribution in [0.25, 0.3) is 10.4 Å². The van der Waals surface area contributed by atoms with E-state index >= 15 is 0 Å². The quantitative estimate of drug-likeness (QED) is 0.151. The third-order valence-electron chi connectivity index (χ3n) is 4.19. The first-order chi connectivity index (χ1) is 16.2. The molecule has 0 aromatic carbocycles. The molecule has 0 aromatic heterocycles. The average Bonchev–Trinajstić information content (AvgIpc) is 2.74. The predicted octanol–water partition coefficient (Wildman–Crippen LogP) is 0.595. The zero-order valence-corrected chi connectivity index (χ0v) is 18.7. The summed E-state index contributed by atoms with van der Waals surface area (Å²) >= 11 is 0. The third kappa shape index (κ3) is 8.69. The Balaban J connectivity index is 3.68. The minimum atomic E-state index is -5.40. The van der Waals surface area contributed by atoms with Gasteiger partial charge >= 0.3 is 36.0 Å². The summed E-state index contributed by atoms with van der Waals surface area (Å²) in [7, 11) is 0.938. The maximum absolute atomic E-state index is 13.0. The number of esters is 4. The van der Waals surface area contributed by atoms with Crippen LogP contribution in [0.1, 0.15) is 20.8 Å². The minimum Gasteiger partial charge on any atom is -0.477 e. The highest BCUT2D eigenvalue weighted by Gasteiger charge is 2.50. The molecule has 1 rings (SSSR count). The van der Waals surface area contributed by atoms with Crippen molar-refractivity contribution in [2.45, 2.75) is 57.3 Å². The molecular formula is C18H21F3N4O10. The van der Waals surface area contributed by atoms with Crippen LogP contribution in [0.15, 0.2) is 16.9 Å². The standard InChI is InChI=1S/C18H21F3N4O10/c1-7(26)32-6-12(33-8(2)27)14(34-9(3)28)15-13(23-17(30)18(19,20)21)10(24-25-22)5-11(35-15)16(29)31-4/h5,10,12-15H,6H2,1-4H3,(H,23,30)/t10-,12?,13+,14?,15+/m0/s1. The molecule has 5 atom stereocenters. The van der Waals surface area contributed by atoms with Crippen LogP contribution < -0.4 is 5.32 Å². The van der Waals surface area contributed by atoms with E-state index in [0.717, 1.165) is 34.0 Å².